The van der Waals surface area contributed by atoms with Crippen LogP contribution in [0, 0.1) is 16.5 Å². The van der Waals surface area contributed by atoms with Gasteiger partial charge in [-0.05, 0) is 17.7 Å². The van der Waals surface area contributed by atoms with Crippen molar-refractivity contribution in [2.45, 2.75) is 12.5 Å². The number of rotatable bonds is 1. The van der Waals surface area contributed by atoms with Gasteiger partial charge in [-0.25, -0.2) is 0 Å². The third kappa shape index (κ3) is 1.88. The molecular formula is C10H7ClN2O2. The van der Waals surface area contributed by atoms with E-state index in [-0.39, 0.29) is 16.7 Å². The fourth-order valence-corrected chi connectivity index (χ4v) is 1.54. The number of benzene rings is 1. The van der Waals surface area contributed by atoms with Crippen molar-refractivity contribution in [3.8, 4) is 6.07 Å². The second-order valence-corrected chi connectivity index (χ2v) is 3.60. The van der Waals surface area contributed by atoms with Gasteiger partial charge in [0.15, 0.2) is 6.07 Å². The summed E-state index contributed by atoms with van der Waals surface area (Å²) >= 11 is 5.73. The summed E-state index contributed by atoms with van der Waals surface area (Å²) in [6, 6.07) is 8.81. The zero-order valence-electron chi connectivity index (χ0n) is 7.68. The summed E-state index contributed by atoms with van der Waals surface area (Å²) in [6.45, 7) is 0. The molecule has 0 spiro atoms. The summed E-state index contributed by atoms with van der Waals surface area (Å²) in [7, 11) is 0. The van der Waals surface area contributed by atoms with Crippen LogP contribution < -0.4 is 0 Å². The Morgan fingerprint density at radius 2 is 2.13 bits per heavy atom. The van der Waals surface area contributed by atoms with Crippen LogP contribution in [0.25, 0.3) is 0 Å². The van der Waals surface area contributed by atoms with E-state index in [0.29, 0.717) is 11.4 Å². The van der Waals surface area contributed by atoms with Gasteiger partial charge in [0.2, 0.25) is 0 Å². The summed E-state index contributed by atoms with van der Waals surface area (Å²) < 4.78 is 0. The first kappa shape index (κ1) is 9.81. The number of nitriles is 1. The Morgan fingerprint density at radius 3 is 2.67 bits per heavy atom. The first-order valence-corrected chi connectivity index (χ1v) is 4.74. The molecule has 0 aliphatic carbocycles. The molecule has 4 nitrogen and oxygen atoms in total. The molecule has 1 aliphatic heterocycles. The second-order valence-electron chi connectivity index (χ2n) is 3.17. The standard InChI is InChI=1S/C10H7ClN2O2/c11-8-3-1-7(2-4-8)10-5-9(6-12)13(14)15-10/h1-4,10H,5H2. The molecule has 5 heteroatoms. The number of hydrogen-bond acceptors (Lipinski definition) is 3. The fourth-order valence-electron chi connectivity index (χ4n) is 1.41. The van der Waals surface area contributed by atoms with E-state index < -0.39 is 0 Å². The highest BCUT2D eigenvalue weighted by molar-refractivity contribution is 6.30. The van der Waals surface area contributed by atoms with Gasteiger partial charge in [0.25, 0.3) is 0 Å². The summed E-state index contributed by atoms with van der Waals surface area (Å²) in [5.74, 6) is 0. The predicted molar refractivity (Wildman–Crippen MR) is 54.1 cm³/mol. The first-order valence-electron chi connectivity index (χ1n) is 4.36. The molecule has 0 bridgehead atoms. The highest BCUT2D eigenvalue weighted by atomic mass is 35.5. The van der Waals surface area contributed by atoms with Gasteiger partial charge in [0, 0.05) is 5.02 Å². The van der Waals surface area contributed by atoms with E-state index in [9.17, 15) is 5.21 Å². The van der Waals surface area contributed by atoms with Crippen molar-refractivity contribution >= 4 is 17.3 Å². The summed E-state index contributed by atoms with van der Waals surface area (Å²) in [5.41, 5.74) is 0.931. The molecule has 0 N–H and O–H groups in total. The lowest BCUT2D eigenvalue weighted by molar-refractivity contribution is -0.742. The summed E-state index contributed by atoms with van der Waals surface area (Å²) in [5, 5.41) is 20.3. The molecule has 0 saturated carbocycles. The number of hydrogen-bond donors (Lipinski definition) is 0. The number of halogens is 1. The Labute approximate surface area is 91.5 Å². The van der Waals surface area contributed by atoms with Crippen LogP contribution in [0.15, 0.2) is 24.3 Å². The lowest BCUT2D eigenvalue weighted by Gasteiger charge is -2.11. The minimum Gasteiger partial charge on any atom is -0.394 e. The Hall–Kier alpha value is -1.73. The Kier molecular flexibility index (Phi) is 2.48. The zero-order valence-corrected chi connectivity index (χ0v) is 8.44. The molecule has 0 saturated heterocycles. The van der Waals surface area contributed by atoms with Crippen molar-refractivity contribution in [2.75, 3.05) is 0 Å². The average Bonchev–Trinajstić information content (AvgIpc) is 2.61. The van der Waals surface area contributed by atoms with Crippen LogP contribution in [-0.4, -0.2) is 10.6 Å². The minimum atomic E-state index is -0.380. The Morgan fingerprint density at radius 1 is 1.47 bits per heavy atom. The van der Waals surface area contributed by atoms with E-state index in [2.05, 4.69) is 0 Å². The lowest BCUT2D eigenvalue weighted by Crippen LogP contribution is -2.03. The maximum absolute atomic E-state index is 11.1. The normalized spacial score (nSPS) is 19.9. The molecule has 0 radical (unpaired) electrons. The van der Waals surface area contributed by atoms with Crippen molar-refractivity contribution in [3.05, 3.63) is 40.1 Å². The van der Waals surface area contributed by atoms with Crippen LogP contribution in [0.3, 0.4) is 0 Å². The van der Waals surface area contributed by atoms with Crippen LogP contribution in [0.2, 0.25) is 5.02 Å². The molecule has 1 unspecified atom stereocenters. The third-order valence-corrected chi connectivity index (χ3v) is 2.44. The van der Waals surface area contributed by atoms with Crippen LogP contribution in [0.4, 0.5) is 0 Å². The molecule has 15 heavy (non-hydrogen) atoms. The van der Waals surface area contributed by atoms with Crippen LogP contribution in [0.1, 0.15) is 18.1 Å². The van der Waals surface area contributed by atoms with Crippen molar-refractivity contribution in [2.24, 2.45) is 0 Å². The van der Waals surface area contributed by atoms with Crippen molar-refractivity contribution < 1.29 is 9.74 Å². The van der Waals surface area contributed by atoms with Gasteiger partial charge < -0.3 is 4.84 Å². The molecule has 1 atom stereocenters. The molecule has 0 fully saturated rings. The van der Waals surface area contributed by atoms with Crippen LogP contribution in [0.5, 0.6) is 0 Å². The molecule has 1 aliphatic rings. The van der Waals surface area contributed by atoms with Gasteiger partial charge in [0.1, 0.15) is 6.10 Å². The highest BCUT2D eigenvalue weighted by Gasteiger charge is 2.28. The lowest BCUT2D eigenvalue weighted by atomic mass is 10.1. The predicted octanol–water partition coefficient (Wildman–Crippen LogP) is 2.19. The van der Waals surface area contributed by atoms with E-state index in [0.717, 1.165) is 5.56 Å². The van der Waals surface area contributed by atoms with Crippen LogP contribution >= 0.6 is 11.6 Å². The summed E-state index contributed by atoms with van der Waals surface area (Å²) in [4.78, 5) is 5.24. The van der Waals surface area contributed by atoms with E-state index >= 15 is 0 Å². The van der Waals surface area contributed by atoms with Gasteiger partial charge in [-0.1, -0.05) is 23.7 Å². The number of nitrogens with zero attached hydrogens (tertiary/aromatic N) is 2. The van der Waals surface area contributed by atoms with E-state index in [1.807, 2.05) is 0 Å². The molecule has 1 aromatic rings. The summed E-state index contributed by atoms with van der Waals surface area (Å²) in [6.07, 6.45) is -0.0730. The molecule has 0 aromatic heterocycles. The second kappa shape index (κ2) is 3.79. The van der Waals surface area contributed by atoms with Gasteiger partial charge in [-0.15, -0.1) is 0 Å². The first-order chi connectivity index (χ1) is 7.20. The minimum absolute atomic E-state index is 0.0925. The quantitative estimate of drug-likeness (QED) is 0.685. The Balaban J connectivity index is 2.18. The van der Waals surface area contributed by atoms with E-state index in [1.54, 1.807) is 30.3 Å². The van der Waals surface area contributed by atoms with Crippen molar-refractivity contribution in [3.63, 3.8) is 0 Å². The van der Waals surface area contributed by atoms with E-state index in [4.69, 9.17) is 21.7 Å². The fraction of sp³-hybridized carbons (Fsp3) is 0.200. The average molecular weight is 223 g/mol. The van der Waals surface area contributed by atoms with Gasteiger partial charge in [0.05, 0.1) is 11.3 Å². The molecule has 1 heterocycles. The van der Waals surface area contributed by atoms with Gasteiger partial charge in [-0.2, -0.15) is 5.26 Å². The van der Waals surface area contributed by atoms with Gasteiger partial charge in [-0.3, -0.25) is 5.21 Å². The monoisotopic (exact) mass is 222 g/mol. The smallest absolute Gasteiger partial charge is 0.322 e. The Bertz CT molecular complexity index is 447. The maximum atomic E-state index is 11.1. The molecule has 1 aromatic carbocycles. The molecule has 76 valence electrons. The topological polar surface area (TPSA) is 59.1 Å². The SMILES string of the molecule is N#CC1=[N+]([O-])OC(c2ccc(Cl)cc2)C1. The van der Waals surface area contributed by atoms with Gasteiger partial charge >= 0.3 is 5.71 Å². The molecule has 0 amide bonds. The maximum Gasteiger partial charge on any atom is 0.322 e. The van der Waals surface area contributed by atoms with E-state index in [1.165, 1.54) is 0 Å². The van der Waals surface area contributed by atoms with Crippen molar-refractivity contribution in [1.82, 2.24) is 0 Å². The highest BCUT2D eigenvalue weighted by Crippen LogP contribution is 2.27. The largest absolute Gasteiger partial charge is 0.394 e. The zero-order chi connectivity index (χ0) is 10.8. The molecular weight excluding hydrogens is 216 g/mol. The van der Waals surface area contributed by atoms with Crippen molar-refractivity contribution in [1.29, 1.82) is 5.26 Å². The third-order valence-electron chi connectivity index (χ3n) is 2.19. The van der Waals surface area contributed by atoms with Crippen LogP contribution in [-0.2, 0) is 4.84 Å². The molecule has 2 rings (SSSR count).